The van der Waals surface area contributed by atoms with E-state index >= 15 is 4.39 Å². The quantitative estimate of drug-likeness (QED) is 0.247. The number of halogens is 2. The van der Waals surface area contributed by atoms with Gasteiger partial charge in [-0.15, -0.1) is 0 Å². The normalized spacial score (nSPS) is 19.9. The summed E-state index contributed by atoms with van der Waals surface area (Å²) in [5, 5.41) is 22.4. The Morgan fingerprint density at radius 2 is 2.00 bits per heavy atom. The summed E-state index contributed by atoms with van der Waals surface area (Å²) in [4.78, 5) is 33.2. The number of alkyl halides is 1. The van der Waals surface area contributed by atoms with Gasteiger partial charge in [-0.05, 0) is 56.0 Å². The number of ether oxygens (including phenoxy) is 1. The number of hydrogen-bond acceptors (Lipinski definition) is 7. The molecule has 6 rings (SSSR count). The Hall–Kier alpha value is -3.81. The first-order valence-electron chi connectivity index (χ1n) is 14.3. The average molecular weight is 614 g/mol. The molecule has 0 radical (unpaired) electrons. The van der Waals surface area contributed by atoms with Gasteiger partial charge >= 0.3 is 6.09 Å². The Bertz CT molecular complexity index is 1670. The largest absolute Gasteiger partial charge is 0.496 e. The van der Waals surface area contributed by atoms with Gasteiger partial charge in [-0.25, -0.2) is 18.6 Å². The lowest BCUT2D eigenvalue weighted by atomic mass is 10.0. The molecular weight excluding hydrogens is 580 g/mol. The lowest BCUT2D eigenvalue weighted by molar-refractivity contribution is 0.0946. The van der Waals surface area contributed by atoms with E-state index in [0.717, 1.165) is 41.2 Å². The number of fused-ring (bicyclic) bond motifs is 3. The van der Waals surface area contributed by atoms with Crippen LogP contribution < -0.4 is 10.1 Å². The van der Waals surface area contributed by atoms with Gasteiger partial charge < -0.3 is 25.2 Å². The number of aromatic nitrogens is 2. The maximum absolute atomic E-state index is 15.3. The second kappa shape index (κ2) is 12.1. The summed E-state index contributed by atoms with van der Waals surface area (Å²) in [6, 6.07) is 7.47. The minimum atomic E-state index is -1.16. The van der Waals surface area contributed by atoms with Crippen LogP contribution in [0.4, 0.5) is 13.6 Å². The Morgan fingerprint density at radius 3 is 2.72 bits per heavy atom. The Labute approximate surface area is 250 Å². The van der Waals surface area contributed by atoms with Crippen molar-refractivity contribution in [3.8, 4) is 17.0 Å². The van der Waals surface area contributed by atoms with Crippen molar-refractivity contribution in [2.45, 2.75) is 44.0 Å². The minimum absolute atomic E-state index is 0.0116. The van der Waals surface area contributed by atoms with Crippen LogP contribution in [-0.2, 0) is 0 Å². The molecule has 2 amide bonds. The van der Waals surface area contributed by atoms with Crippen LogP contribution in [0.1, 0.15) is 47.6 Å². The van der Waals surface area contributed by atoms with Crippen molar-refractivity contribution in [1.29, 1.82) is 0 Å². The van der Waals surface area contributed by atoms with Crippen LogP contribution in [0.2, 0.25) is 0 Å². The molecular formula is C30H33F2N5O5S. The molecule has 0 saturated carbocycles. The number of amides is 2. The smallest absolute Gasteiger partial charge is 0.407 e. The number of nitrogens with zero attached hydrogens (tertiary/aromatic N) is 4. The fourth-order valence-electron chi connectivity index (χ4n) is 6.01. The number of likely N-dealkylation sites (tertiary alicyclic amines) is 2. The zero-order valence-electron chi connectivity index (χ0n) is 23.6. The number of aliphatic hydroxyl groups excluding tert-OH is 1. The number of carbonyl (C=O) groups excluding carboxylic acids is 1. The first-order chi connectivity index (χ1) is 20.7. The van der Waals surface area contributed by atoms with E-state index in [4.69, 9.17) is 4.74 Å². The summed E-state index contributed by atoms with van der Waals surface area (Å²) in [7, 11) is 1.50. The zero-order chi connectivity index (χ0) is 30.2. The SMILES string of the molecule is COc1cc2c(cc1C(=O)NCCCN1CCC(F)CC1)sc1nc(-c3ccc([C@H]4C[C@H](O)CN4C(=O)O)cc3F)cn12. The number of carboxylic acid groups (broad SMARTS) is 1. The lowest BCUT2D eigenvalue weighted by Gasteiger charge is -2.28. The second-order valence-corrected chi connectivity index (χ2v) is 12.1. The third kappa shape index (κ3) is 5.89. The molecule has 0 spiro atoms. The molecule has 3 N–H and O–H groups in total. The summed E-state index contributed by atoms with van der Waals surface area (Å²) in [5.74, 6) is -0.378. The van der Waals surface area contributed by atoms with Crippen molar-refractivity contribution in [3.05, 3.63) is 53.5 Å². The molecule has 2 aromatic carbocycles. The van der Waals surface area contributed by atoms with E-state index in [0.29, 0.717) is 46.9 Å². The third-order valence-corrected chi connectivity index (χ3v) is 9.31. The first-order valence-corrected chi connectivity index (χ1v) is 15.1. The predicted molar refractivity (Wildman–Crippen MR) is 158 cm³/mol. The van der Waals surface area contributed by atoms with Gasteiger partial charge in [-0.1, -0.05) is 17.4 Å². The third-order valence-electron chi connectivity index (χ3n) is 8.29. The van der Waals surface area contributed by atoms with Crippen molar-refractivity contribution < 1.29 is 33.3 Å². The molecule has 2 atom stereocenters. The monoisotopic (exact) mass is 613 g/mol. The fourth-order valence-corrected chi connectivity index (χ4v) is 7.04. The molecule has 10 nitrogen and oxygen atoms in total. The molecule has 0 unspecified atom stereocenters. The van der Waals surface area contributed by atoms with Gasteiger partial charge in [0.2, 0.25) is 0 Å². The van der Waals surface area contributed by atoms with Crippen molar-refractivity contribution in [2.24, 2.45) is 0 Å². The number of nitrogens with one attached hydrogen (secondary N) is 1. The number of piperidine rings is 1. The minimum Gasteiger partial charge on any atom is -0.496 e. The highest BCUT2D eigenvalue weighted by molar-refractivity contribution is 7.23. The summed E-state index contributed by atoms with van der Waals surface area (Å²) in [5.41, 5.74) is 2.33. The van der Waals surface area contributed by atoms with E-state index in [1.165, 1.54) is 24.5 Å². The number of methoxy groups -OCH3 is 1. The van der Waals surface area contributed by atoms with Gasteiger partial charge in [0.25, 0.3) is 5.91 Å². The highest BCUT2D eigenvalue weighted by Crippen LogP contribution is 2.37. The van der Waals surface area contributed by atoms with E-state index in [2.05, 4.69) is 15.2 Å². The van der Waals surface area contributed by atoms with E-state index in [1.807, 2.05) is 4.40 Å². The summed E-state index contributed by atoms with van der Waals surface area (Å²) >= 11 is 1.37. The fraction of sp³-hybridized carbons (Fsp3) is 0.433. The molecule has 43 heavy (non-hydrogen) atoms. The maximum atomic E-state index is 15.3. The van der Waals surface area contributed by atoms with Crippen molar-refractivity contribution in [3.63, 3.8) is 0 Å². The molecule has 2 fully saturated rings. The first kappa shape index (κ1) is 29.3. The van der Waals surface area contributed by atoms with Crippen LogP contribution >= 0.6 is 11.3 Å². The van der Waals surface area contributed by atoms with Crippen molar-refractivity contribution in [1.82, 2.24) is 24.5 Å². The van der Waals surface area contributed by atoms with Crippen LogP contribution in [-0.4, -0.2) is 93.5 Å². The molecule has 0 aliphatic carbocycles. The molecule has 4 aromatic rings. The van der Waals surface area contributed by atoms with E-state index in [-0.39, 0.29) is 24.4 Å². The number of imidazole rings is 1. The number of carbonyl (C=O) groups is 2. The average Bonchev–Trinajstić information content (AvgIpc) is 3.68. The molecule has 2 aromatic heterocycles. The van der Waals surface area contributed by atoms with Gasteiger partial charge in [0, 0.05) is 37.5 Å². The molecule has 2 saturated heterocycles. The van der Waals surface area contributed by atoms with E-state index in [9.17, 15) is 24.2 Å². The number of thiazole rings is 1. The summed E-state index contributed by atoms with van der Waals surface area (Å²) in [6.45, 7) is 2.78. The Morgan fingerprint density at radius 1 is 1.21 bits per heavy atom. The summed E-state index contributed by atoms with van der Waals surface area (Å²) in [6.07, 6.45) is 1.17. The maximum Gasteiger partial charge on any atom is 0.407 e. The number of aliphatic hydroxyl groups is 1. The number of benzene rings is 2. The molecule has 228 valence electrons. The van der Waals surface area contributed by atoms with Gasteiger partial charge in [0.05, 0.1) is 47.3 Å². The van der Waals surface area contributed by atoms with Crippen LogP contribution in [0.5, 0.6) is 5.75 Å². The second-order valence-electron chi connectivity index (χ2n) is 11.1. The summed E-state index contributed by atoms with van der Waals surface area (Å²) < 4.78 is 36.9. The predicted octanol–water partition coefficient (Wildman–Crippen LogP) is 4.70. The highest BCUT2D eigenvalue weighted by atomic mass is 32.1. The van der Waals surface area contributed by atoms with Crippen LogP contribution in [0.25, 0.3) is 26.4 Å². The van der Waals surface area contributed by atoms with Crippen LogP contribution in [0, 0.1) is 5.82 Å². The van der Waals surface area contributed by atoms with E-state index in [1.54, 1.807) is 30.5 Å². The lowest BCUT2D eigenvalue weighted by Crippen LogP contribution is -2.36. The standard InChI is InChI=1S/C30H33F2N5O5S/c1-42-26-14-25-27(13-21(26)28(39)33-7-2-8-35-9-5-18(31)6-10-35)43-29-34-23(16-36(25)29)20-4-3-17(11-22(20)32)24-12-19(38)15-37(24)30(40)41/h3-4,11,13-14,16,18-19,24,38H,2,5-10,12,15H2,1H3,(H,33,39)(H,40,41)/t19-,24+/m0/s1. The number of hydrogen-bond donors (Lipinski definition) is 3. The number of β-amino-alcohol motifs (C(OH)–C–C–N with tert-alkyl or cyclic N) is 1. The molecule has 4 heterocycles. The topological polar surface area (TPSA) is 120 Å². The van der Waals surface area contributed by atoms with Crippen molar-refractivity contribution in [2.75, 3.05) is 39.8 Å². The van der Waals surface area contributed by atoms with Crippen molar-refractivity contribution >= 4 is 38.5 Å². The molecule has 13 heteroatoms. The van der Waals surface area contributed by atoms with E-state index < -0.39 is 30.2 Å². The van der Waals surface area contributed by atoms with Gasteiger partial charge in [-0.2, -0.15) is 0 Å². The van der Waals surface area contributed by atoms with Gasteiger partial charge in [0.15, 0.2) is 4.96 Å². The Kier molecular flexibility index (Phi) is 8.21. The molecule has 2 aliphatic heterocycles. The zero-order valence-corrected chi connectivity index (χ0v) is 24.4. The molecule has 2 aliphatic rings. The Balaban J connectivity index is 1.18. The van der Waals surface area contributed by atoms with Gasteiger partial charge in [-0.3, -0.25) is 14.1 Å². The highest BCUT2D eigenvalue weighted by Gasteiger charge is 2.35. The van der Waals surface area contributed by atoms with Crippen LogP contribution in [0.15, 0.2) is 36.5 Å². The molecule has 0 bridgehead atoms. The van der Waals surface area contributed by atoms with Crippen LogP contribution in [0.3, 0.4) is 0 Å². The van der Waals surface area contributed by atoms with Gasteiger partial charge in [0.1, 0.15) is 17.7 Å². The number of rotatable bonds is 8.